The summed E-state index contributed by atoms with van der Waals surface area (Å²) >= 11 is 1.69. The van der Waals surface area contributed by atoms with Crippen LogP contribution >= 0.6 is 11.3 Å². The maximum Gasteiger partial charge on any atom is 0.135 e. The average molecular weight is 238 g/mol. The highest BCUT2D eigenvalue weighted by Gasteiger charge is 2.37. The van der Waals surface area contributed by atoms with E-state index in [1.165, 1.54) is 0 Å². The first-order chi connectivity index (χ1) is 7.51. The standard InChI is InChI=1S/C12H18N2OS/c1-9-8-10(15)4-6-14(9)12(2,3)11-13-5-7-16-11/h5,7,9H,4,6,8H2,1-3H3. The van der Waals surface area contributed by atoms with Crippen molar-refractivity contribution in [1.82, 2.24) is 9.88 Å². The number of hydrogen-bond acceptors (Lipinski definition) is 4. The minimum atomic E-state index is -0.0612. The normalized spacial score (nSPS) is 23.7. The van der Waals surface area contributed by atoms with Gasteiger partial charge in [0.25, 0.3) is 0 Å². The smallest absolute Gasteiger partial charge is 0.135 e. The third kappa shape index (κ3) is 2.04. The third-order valence-electron chi connectivity index (χ3n) is 3.36. The molecule has 0 aromatic carbocycles. The van der Waals surface area contributed by atoms with E-state index in [0.29, 0.717) is 24.7 Å². The third-order valence-corrected chi connectivity index (χ3v) is 4.45. The van der Waals surface area contributed by atoms with Crippen molar-refractivity contribution in [3.8, 4) is 0 Å². The number of likely N-dealkylation sites (tertiary alicyclic amines) is 1. The van der Waals surface area contributed by atoms with Crippen LogP contribution in [0.1, 0.15) is 38.6 Å². The summed E-state index contributed by atoms with van der Waals surface area (Å²) in [6.45, 7) is 7.37. The zero-order valence-electron chi connectivity index (χ0n) is 10.1. The highest BCUT2D eigenvalue weighted by atomic mass is 32.1. The van der Waals surface area contributed by atoms with Crippen LogP contribution in [0.25, 0.3) is 0 Å². The minimum Gasteiger partial charge on any atom is -0.300 e. The quantitative estimate of drug-likeness (QED) is 0.793. The van der Waals surface area contributed by atoms with Gasteiger partial charge in [-0.05, 0) is 20.8 Å². The lowest BCUT2D eigenvalue weighted by atomic mass is 9.94. The van der Waals surface area contributed by atoms with E-state index in [4.69, 9.17) is 0 Å². The van der Waals surface area contributed by atoms with Crippen molar-refractivity contribution in [1.29, 1.82) is 0 Å². The van der Waals surface area contributed by atoms with Crippen molar-refractivity contribution in [2.75, 3.05) is 6.54 Å². The van der Waals surface area contributed by atoms with Crippen LogP contribution in [0.15, 0.2) is 11.6 Å². The molecule has 2 rings (SSSR count). The highest BCUT2D eigenvalue weighted by molar-refractivity contribution is 7.09. The van der Waals surface area contributed by atoms with Crippen molar-refractivity contribution in [3.63, 3.8) is 0 Å². The van der Waals surface area contributed by atoms with E-state index in [0.717, 1.165) is 11.6 Å². The van der Waals surface area contributed by atoms with Crippen LogP contribution in [0.3, 0.4) is 0 Å². The predicted molar refractivity (Wildman–Crippen MR) is 65.5 cm³/mol. The Balaban J connectivity index is 2.20. The second-order valence-electron chi connectivity index (χ2n) is 4.93. The van der Waals surface area contributed by atoms with E-state index in [-0.39, 0.29) is 5.54 Å². The van der Waals surface area contributed by atoms with Crippen molar-refractivity contribution in [3.05, 3.63) is 16.6 Å². The second kappa shape index (κ2) is 4.26. The number of hydrogen-bond donors (Lipinski definition) is 0. The maximum absolute atomic E-state index is 11.4. The Kier molecular flexibility index (Phi) is 3.13. The molecule has 88 valence electrons. The van der Waals surface area contributed by atoms with Crippen LogP contribution in [0, 0.1) is 0 Å². The monoisotopic (exact) mass is 238 g/mol. The number of carbonyl (C=O) groups is 1. The first kappa shape index (κ1) is 11.7. The SMILES string of the molecule is CC1CC(=O)CCN1C(C)(C)c1nccs1. The van der Waals surface area contributed by atoms with Gasteiger partial charge in [-0.2, -0.15) is 0 Å². The Hall–Kier alpha value is -0.740. The van der Waals surface area contributed by atoms with E-state index < -0.39 is 0 Å². The Morgan fingerprint density at radius 1 is 1.56 bits per heavy atom. The van der Waals surface area contributed by atoms with E-state index >= 15 is 0 Å². The summed E-state index contributed by atoms with van der Waals surface area (Å²) in [4.78, 5) is 18.2. The predicted octanol–water partition coefficient (Wildman–Crippen LogP) is 2.43. The molecule has 2 heterocycles. The Morgan fingerprint density at radius 2 is 2.31 bits per heavy atom. The first-order valence-corrected chi connectivity index (χ1v) is 6.58. The highest BCUT2D eigenvalue weighted by Crippen LogP contribution is 2.33. The molecular weight excluding hydrogens is 220 g/mol. The summed E-state index contributed by atoms with van der Waals surface area (Å²) in [6.07, 6.45) is 3.20. The molecule has 1 aromatic heterocycles. The number of ketones is 1. The van der Waals surface area contributed by atoms with Gasteiger partial charge in [0.2, 0.25) is 0 Å². The summed E-state index contributed by atoms with van der Waals surface area (Å²) in [5.74, 6) is 0.388. The van der Waals surface area contributed by atoms with Crippen LogP contribution in [0.5, 0.6) is 0 Å². The summed E-state index contributed by atoms with van der Waals surface area (Å²) < 4.78 is 0. The van der Waals surface area contributed by atoms with Crippen LogP contribution in [0.4, 0.5) is 0 Å². The fourth-order valence-corrected chi connectivity index (χ4v) is 3.26. The zero-order chi connectivity index (χ0) is 11.8. The Labute approximate surface area is 100 Å². The van der Waals surface area contributed by atoms with Gasteiger partial charge in [-0.1, -0.05) is 0 Å². The Bertz CT molecular complexity index is 372. The maximum atomic E-state index is 11.4. The van der Waals surface area contributed by atoms with Crippen LogP contribution < -0.4 is 0 Å². The molecule has 0 bridgehead atoms. The molecule has 0 aliphatic carbocycles. The van der Waals surface area contributed by atoms with Gasteiger partial charge in [0, 0.05) is 37.0 Å². The van der Waals surface area contributed by atoms with Gasteiger partial charge in [0.15, 0.2) is 0 Å². The number of thiazole rings is 1. The first-order valence-electron chi connectivity index (χ1n) is 5.70. The molecular formula is C12H18N2OS. The molecule has 1 atom stereocenters. The van der Waals surface area contributed by atoms with Gasteiger partial charge in [0.05, 0.1) is 5.54 Å². The number of Topliss-reactive ketones (excluding diaryl/α,β-unsaturated/α-hetero) is 1. The zero-order valence-corrected chi connectivity index (χ0v) is 10.9. The largest absolute Gasteiger partial charge is 0.300 e. The molecule has 0 saturated carbocycles. The molecule has 1 unspecified atom stereocenters. The topological polar surface area (TPSA) is 33.2 Å². The fraction of sp³-hybridized carbons (Fsp3) is 0.667. The number of aromatic nitrogens is 1. The van der Waals surface area contributed by atoms with Crippen molar-refractivity contribution < 1.29 is 4.79 Å². The van der Waals surface area contributed by atoms with Gasteiger partial charge in [-0.25, -0.2) is 4.98 Å². The average Bonchev–Trinajstić information content (AvgIpc) is 2.69. The van der Waals surface area contributed by atoms with Crippen molar-refractivity contribution in [2.24, 2.45) is 0 Å². The van der Waals surface area contributed by atoms with Crippen LogP contribution in [-0.4, -0.2) is 28.3 Å². The fourth-order valence-electron chi connectivity index (χ4n) is 2.49. The van der Waals surface area contributed by atoms with E-state index in [1.54, 1.807) is 11.3 Å². The Morgan fingerprint density at radius 3 is 2.88 bits per heavy atom. The van der Waals surface area contributed by atoms with Gasteiger partial charge in [0.1, 0.15) is 10.8 Å². The molecule has 1 aliphatic heterocycles. The lowest BCUT2D eigenvalue weighted by Gasteiger charge is -2.43. The minimum absolute atomic E-state index is 0.0612. The lowest BCUT2D eigenvalue weighted by Crippen LogP contribution is -2.51. The van der Waals surface area contributed by atoms with Gasteiger partial charge in [-0.3, -0.25) is 9.69 Å². The van der Waals surface area contributed by atoms with Crippen LogP contribution in [-0.2, 0) is 10.3 Å². The molecule has 3 nitrogen and oxygen atoms in total. The number of carbonyl (C=O) groups excluding carboxylic acids is 1. The molecule has 0 radical (unpaired) electrons. The van der Waals surface area contributed by atoms with E-state index in [9.17, 15) is 4.79 Å². The van der Waals surface area contributed by atoms with E-state index in [2.05, 4.69) is 30.7 Å². The van der Waals surface area contributed by atoms with Gasteiger partial charge < -0.3 is 0 Å². The van der Waals surface area contributed by atoms with Crippen LogP contribution in [0.2, 0.25) is 0 Å². The number of rotatable bonds is 2. The summed E-state index contributed by atoms with van der Waals surface area (Å²) in [5, 5.41) is 3.14. The van der Waals surface area contributed by atoms with Gasteiger partial charge >= 0.3 is 0 Å². The molecule has 1 saturated heterocycles. The molecule has 16 heavy (non-hydrogen) atoms. The summed E-state index contributed by atoms with van der Waals surface area (Å²) in [5.41, 5.74) is -0.0612. The molecule has 0 spiro atoms. The second-order valence-corrected chi connectivity index (χ2v) is 5.83. The molecule has 1 fully saturated rings. The molecule has 0 amide bonds. The molecule has 1 aliphatic rings. The van der Waals surface area contributed by atoms with E-state index in [1.807, 2.05) is 11.6 Å². The van der Waals surface area contributed by atoms with Gasteiger partial charge in [-0.15, -0.1) is 11.3 Å². The molecule has 1 aromatic rings. The lowest BCUT2D eigenvalue weighted by molar-refractivity contribution is -0.124. The molecule has 4 heteroatoms. The van der Waals surface area contributed by atoms with Crippen molar-refractivity contribution >= 4 is 17.1 Å². The summed E-state index contributed by atoms with van der Waals surface area (Å²) in [7, 11) is 0. The number of piperidine rings is 1. The van der Waals surface area contributed by atoms with Crippen molar-refractivity contribution in [2.45, 2.75) is 45.2 Å². The molecule has 0 N–H and O–H groups in total. The number of nitrogens with zero attached hydrogens (tertiary/aromatic N) is 2. The summed E-state index contributed by atoms with van der Waals surface area (Å²) in [6, 6.07) is 0.320.